The first-order valence-electron chi connectivity index (χ1n) is 10.3. The van der Waals surface area contributed by atoms with Crippen molar-refractivity contribution >= 4 is 22.7 Å². The normalized spacial score (nSPS) is 16.8. The third kappa shape index (κ3) is 4.09. The number of aryl methyl sites for hydroxylation is 3. The number of carbonyl (C=O) groups is 1. The molecule has 2 heterocycles. The zero-order valence-electron chi connectivity index (χ0n) is 17.4. The van der Waals surface area contributed by atoms with Gasteiger partial charge < -0.3 is 19.9 Å². The standard InChI is InChI=1S/C24H29N3O2/c1-16-11-12-21(22-17(2)18(3)25-23(16)22)27-13-7-10-20(14-27)26-24(28)29-15-19-8-5-4-6-9-19/h4-6,8-9,11-12,20,25H,7,10,13-15H2,1-3H3,(H,26,28)/t20-/m0/s1. The van der Waals surface area contributed by atoms with Gasteiger partial charge in [0.05, 0.1) is 5.52 Å². The van der Waals surface area contributed by atoms with Crippen LogP contribution in [0.3, 0.4) is 0 Å². The number of anilines is 1. The number of amides is 1. The van der Waals surface area contributed by atoms with E-state index in [2.05, 4.69) is 48.1 Å². The molecular formula is C24H29N3O2. The number of alkyl carbamates (subject to hydrolysis) is 1. The molecule has 1 atom stereocenters. The maximum Gasteiger partial charge on any atom is 0.407 e. The number of aromatic amines is 1. The summed E-state index contributed by atoms with van der Waals surface area (Å²) < 4.78 is 5.41. The van der Waals surface area contributed by atoms with Crippen LogP contribution in [0, 0.1) is 20.8 Å². The highest BCUT2D eigenvalue weighted by molar-refractivity contribution is 5.98. The molecule has 2 aromatic carbocycles. The zero-order valence-corrected chi connectivity index (χ0v) is 17.4. The molecule has 0 radical (unpaired) electrons. The van der Waals surface area contributed by atoms with E-state index in [-0.39, 0.29) is 12.1 Å². The van der Waals surface area contributed by atoms with E-state index in [0.717, 1.165) is 31.5 Å². The van der Waals surface area contributed by atoms with E-state index in [1.54, 1.807) is 0 Å². The molecule has 0 aliphatic carbocycles. The lowest BCUT2D eigenvalue weighted by molar-refractivity contribution is 0.134. The number of ether oxygens (including phenoxy) is 1. The van der Waals surface area contributed by atoms with Crippen molar-refractivity contribution in [2.45, 2.75) is 46.3 Å². The summed E-state index contributed by atoms with van der Waals surface area (Å²) in [5, 5.41) is 4.36. The van der Waals surface area contributed by atoms with E-state index in [1.807, 2.05) is 30.3 Å². The highest BCUT2D eigenvalue weighted by Crippen LogP contribution is 2.34. The summed E-state index contributed by atoms with van der Waals surface area (Å²) in [4.78, 5) is 18.2. The molecular weight excluding hydrogens is 362 g/mol. The number of fused-ring (bicyclic) bond motifs is 1. The maximum absolute atomic E-state index is 12.3. The third-order valence-electron chi connectivity index (χ3n) is 5.94. The molecule has 1 amide bonds. The van der Waals surface area contributed by atoms with Crippen molar-refractivity contribution < 1.29 is 9.53 Å². The summed E-state index contributed by atoms with van der Waals surface area (Å²) in [6.07, 6.45) is 1.67. The summed E-state index contributed by atoms with van der Waals surface area (Å²) in [5.41, 5.74) is 7.23. The number of carbonyl (C=O) groups excluding carboxylic acids is 1. The number of nitrogens with one attached hydrogen (secondary N) is 2. The predicted octanol–water partition coefficient (Wildman–Crippen LogP) is 4.99. The number of rotatable bonds is 4. The lowest BCUT2D eigenvalue weighted by Gasteiger charge is -2.35. The van der Waals surface area contributed by atoms with Crippen molar-refractivity contribution in [2.75, 3.05) is 18.0 Å². The summed E-state index contributed by atoms with van der Waals surface area (Å²) in [7, 11) is 0. The molecule has 1 aliphatic heterocycles. The number of piperidine rings is 1. The van der Waals surface area contributed by atoms with Crippen LogP contribution in [0.4, 0.5) is 10.5 Å². The third-order valence-corrected chi connectivity index (χ3v) is 5.94. The quantitative estimate of drug-likeness (QED) is 0.659. The first-order chi connectivity index (χ1) is 14.0. The second kappa shape index (κ2) is 8.19. The summed E-state index contributed by atoms with van der Waals surface area (Å²) in [5.74, 6) is 0. The van der Waals surface area contributed by atoms with Crippen molar-refractivity contribution in [3.05, 3.63) is 64.8 Å². The monoisotopic (exact) mass is 391 g/mol. The van der Waals surface area contributed by atoms with Gasteiger partial charge in [-0.2, -0.15) is 0 Å². The van der Waals surface area contributed by atoms with Crippen LogP contribution in [0.5, 0.6) is 0 Å². The topological polar surface area (TPSA) is 57.4 Å². The summed E-state index contributed by atoms with van der Waals surface area (Å²) in [6.45, 7) is 8.54. The first-order valence-corrected chi connectivity index (χ1v) is 10.3. The number of aromatic nitrogens is 1. The number of hydrogen-bond acceptors (Lipinski definition) is 3. The highest BCUT2D eigenvalue weighted by atomic mass is 16.5. The van der Waals surface area contributed by atoms with Crippen LogP contribution in [0.25, 0.3) is 10.9 Å². The number of hydrogen-bond donors (Lipinski definition) is 2. The molecule has 1 aliphatic rings. The van der Waals surface area contributed by atoms with Crippen LogP contribution in [-0.2, 0) is 11.3 Å². The van der Waals surface area contributed by atoms with Crippen molar-refractivity contribution in [2.24, 2.45) is 0 Å². The van der Waals surface area contributed by atoms with E-state index < -0.39 is 0 Å². The lowest BCUT2D eigenvalue weighted by atomic mass is 10.0. The van der Waals surface area contributed by atoms with Gasteiger partial charge in [0.25, 0.3) is 0 Å². The summed E-state index contributed by atoms with van der Waals surface area (Å²) >= 11 is 0. The van der Waals surface area contributed by atoms with Crippen molar-refractivity contribution in [3.8, 4) is 0 Å². The van der Waals surface area contributed by atoms with Gasteiger partial charge in [-0.25, -0.2) is 4.79 Å². The minimum atomic E-state index is -0.344. The first kappa shape index (κ1) is 19.4. The number of H-pyrrole nitrogens is 1. The molecule has 29 heavy (non-hydrogen) atoms. The highest BCUT2D eigenvalue weighted by Gasteiger charge is 2.24. The molecule has 152 valence electrons. The molecule has 0 saturated carbocycles. The van der Waals surface area contributed by atoms with Gasteiger partial charge in [-0.05, 0) is 56.4 Å². The molecule has 2 N–H and O–H groups in total. The van der Waals surface area contributed by atoms with E-state index >= 15 is 0 Å². The average Bonchev–Trinajstić information content (AvgIpc) is 3.03. The fourth-order valence-electron chi connectivity index (χ4n) is 4.21. The van der Waals surface area contributed by atoms with E-state index in [0.29, 0.717) is 6.61 Å². The second-order valence-electron chi connectivity index (χ2n) is 8.02. The van der Waals surface area contributed by atoms with Crippen LogP contribution >= 0.6 is 0 Å². The number of benzene rings is 2. The molecule has 0 spiro atoms. The van der Waals surface area contributed by atoms with Gasteiger partial charge >= 0.3 is 6.09 Å². The zero-order chi connectivity index (χ0) is 20.4. The Hall–Kier alpha value is -2.95. The van der Waals surface area contributed by atoms with Crippen molar-refractivity contribution in [1.29, 1.82) is 0 Å². The molecule has 1 aromatic heterocycles. The Bertz CT molecular complexity index is 1010. The van der Waals surface area contributed by atoms with E-state index in [4.69, 9.17) is 4.74 Å². The SMILES string of the molecule is Cc1[nH]c2c(C)ccc(N3CCC[C@H](NC(=O)OCc4ccccc4)C3)c2c1C. The van der Waals surface area contributed by atoms with E-state index in [1.165, 1.54) is 33.4 Å². The van der Waals surface area contributed by atoms with Crippen LogP contribution in [-0.4, -0.2) is 30.2 Å². The van der Waals surface area contributed by atoms with Gasteiger partial charge in [-0.15, -0.1) is 0 Å². The van der Waals surface area contributed by atoms with Crippen LogP contribution < -0.4 is 10.2 Å². The molecule has 5 heteroatoms. The Morgan fingerprint density at radius 2 is 1.97 bits per heavy atom. The molecule has 1 saturated heterocycles. The Kier molecular flexibility index (Phi) is 5.47. The lowest BCUT2D eigenvalue weighted by Crippen LogP contribution is -2.48. The van der Waals surface area contributed by atoms with Crippen LogP contribution in [0.2, 0.25) is 0 Å². The van der Waals surface area contributed by atoms with Gasteiger partial charge in [0.15, 0.2) is 0 Å². The van der Waals surface area contributed by atoms with Crippen molar-refractivity contribution in [3.63, 3.8) is 0 Å². The van der Waals surface area contributed by atoms with Crippen LogP contribution in [0.1, 0.15) is 35.2 Å². The van der Waals surface area contributed by atoms with Gasteiger partial charge in [0, 0.05) is 35.9 Å². The predicted molar refractivity (Wildman–Crippen MR) is 118 cm³/mol. The molecule has 1 fully saturated rings. The molecule has 5 nitrogen and oxygen atoms in total. The fraction of sp³-hybridized carbons (Fsp3) is 0.375. The smallest absolute Gasteiger partial charge is 0.407 e. The number of nitrogens with zero attached hydrogens (tertiary/aromatic N) is 1. The van der Waals surface area contributed by atoms with E-state index in [9.17, 15) is 4.79 Å². The minimum absolute atomic E-state index is 0.0868. The molecule has 3 aromatic rings. The van der Waals surface area contributed by atoms with Crippen LogP contribution in [0.15, 0.2) is 42.5 Å². The van der Waals surface area contributed by atoms with Crippen molar-refractivity contribution in [1.82, 2.24) is 10.3 Å². The Morgan fingerprint density at radius 3 is 2.76 bits per heavy atom. The minimum Gasteiger partial charge on any atom is -0.445 e. The van der Waals surface area contributed by atoms with Gasteiger partial charge in [0.1, 0.15) is 6.61 Å². The summed E-state index contributed by atoms with van der Waals surface area (Å²) in [6, 6.07) is 14.2. The average molecular weight is 392 g/mol. The molecule has 0 unspecified atom stereocenters. The fourth-order valence-corrected chi connectivity index (χ4v) is 4.21. The second-order valence-corrected chi connectivity index (χ2v) is 8.02. The molecule has 4 rings (SSSR count). The van der Waals surface area contributed by atoms with Gasteiger partial charge in [-0.1, -0.05) is 36.4 Å². The Balaban J connectivity index is 1.44. The Labute approximate surface area is 172 Å². The largest absolute Gasteiger partial charge is 0.445 e. The van der Waals surface area contributed by atoms with Gasteiger partial charge in [-0.3, -0.25) is 0 Å². The maximum atomic E-state index is 12.3. The Morgan fingerprint density at radius 1 is 1.17 bits per heavy atom. The molecule has 0 bridgehead atoms. The van der Waals surface area contributed by atoms with Gasteiger partial charge in [0.2, 0.25) is 0 Å².